The summed E-state index contributed by atoms with van der Waals surface area (Å²) in [7, 11) is 0. The summed E-state index contributed by atoms with van der Waals surface area (Å²) in [6.45, 7) is 2.96. The molecule has 160 valence electrons. The van der Waals surface area contributed by atoms with Crippen LogP contribution in [-0.2, 0) is 32.7 Å². The van der Waals surface area contributed by atoms with Crippen LogP contribution in [0.5, 0.6) is 0 Å². The Balaban J connectivity index is 1.30. The zero-order chi connectivity index (χ0) is 21.0. The topological polar surface area (TPSA) is 58.6 Å². The molecule has 2 aliphatic rings. The van der Waals surface area contributed by atoms with Crippen LogP contribution < -0.4 is 5.32 Å². The van der Waals surface area contributed by atoms with E-state index in [9.17, 15) is 14.0 Å². The van der Waals surface area contributed by atoms with E-state index < -0.39 is 0 Å². The molecule has 0 unspecified atom stereocenters. The summed E-state index contributed by atoms with van der Waals surface area (Å²) >= 11 is 1.74. The number of hydrogen-bond acceptors (Lipinski definition) is 4. The summed E-state index contributed by atoms with van der Waals surface area (Å²) in [5, 5.41) is 5.06. The van der Waals surface area contributed by atoms with Crippen LogP contribution in [0.3, 0.4) is 0 Å². The Morgan fingerprint density at radius 3 is 2.83 bits per heavy atom. The van der Waals surface area contributed by atoms with E-state index in [4.69, 9.17) is 4.74 Å². The zero-order valence-electron chi connectivity index (χ0n) is 17.0. The van der Waals surface area contributed by atoms with Gasteiger partial charge < -0.3 is 15.0 Å². The first-order chi connectivity index (χ1) is 14.6. The van der Waals surface area contributed by atoms with E-state index in [0.717, 1.165) is 31.4 Å². The van der Waals surface area contributed by atoms with Crippen molar-refractivity contribution in [2.45, 2.75) is 44.1 Å². The van der Waals surface area contributed by atoms with Crippen molar-refractivity contribution in [2.24, 2.45) is 0 Å². The van der Waals surface area contributed by atoms with Gasteiger partial charge in [0.2, 0.25) is 11.8 Å². The van der Waals surface area contributed by atoms with Crippen molar-refractivity contribution in [3.05, 3.63) is 57.5 Å². The second-order valence-corrected chi connectivity index (χ2v) is 9.11. The molecule has 4 rings (SSSR count). The molecular formula is C23H27FN2O3S. The molecule has 0 atom stereocenters. The molecule has 1 fully saturated rings. The highest BCUT2D eigenvalue weighted by Gasteiger charge is 2.35. The number of nitrogens with one attached hydrogen (secondary N) is 1. The monoisotopic (exact) mass is 430 g/mol. The van der Waals surface area contributed by atoms with Gasteiger partial charge in [-0.1, -0.05) is 12.1 Å². The number of rotatable bonds is 6. The molecule has 0 radical (unpaired) electrons. The molecule has 2 amide bonds. The van der Waals surface area contributed by atoms with E-state index in [-0.39, 0.29) is 35.9 Å². The lowest BCUT2D eigenvalue weighted by Gasteiger charge is -2.38. The van der Waals surface area contributed by atoms with Crippen molar-refractivity contribution in [1.82, 2.24) is 10.2 Å². The molecule has 1 aromatic heterocycles. The lowest BCUT2D eigenvalue weighted by molar-refractivity contribution is -0.134. The molecule has 0 aliphatic carbocycles. The Hall–Kier alpha value is -2.25. The van der Waals surface area contributed by atoms with Crippen LogP contribution in [0.4, 0.5) is 4.39 Å². The van der Waals surface area contributed by atoms with Gasteiger partial charge in [0.1, 0.15) is 5.82 Å². The molecule has 1 saturated heterocycles. The van der Waals surface area contributed by atoms with Gasteiger partial charge >= 0.3 is 0 Å². The average molecular weight is 431 g/mol. The van der Waals surface area contributed by atoms with Gasteiger partial charge in [0, 0.05) is 56.0 Å². The molecule has 3 heterocycles. The lowest BCUT2D eigenvalue weighted by atomic mass is 9.74. The predicted molar refractivity (Wildman–Crippen MR) is 114 cm³/mol. The van der Waals surface area contributed by atoms with Crippen LogP contribution in [0.15, 0.2) is 35.7 Å². The van der Waals surface area contributed by atoms with Crippen LogP contribution in [0.1, 0.15) is 41.7 Å². The number of thiophene rings is 1. The minimum atomic E-state index is -0.331. The molecule has 0 bridgehead atoms. The Morgan fingerprint density at radius 1 is 1.20 bits per heavy atom. The Kier molecular flexibility index (Phi) is 6.49. The maximum atomic E-state index is 13.8. The molecule has 1 aromatic carbocycles. The molecule has 7 heteroatoms. The number of ether oxygens (including phenoxy) is 1. The number of carbonyl (C=O) groups excluding carboxylic acids is 2. The van der Waals surface area contributed by atoms with Gasteiger partial charge in [0.15, 0.2) is 0 Å². The first kappa shape index (κ1) is 21.0. The number of fused-ring (bicyclic) bond motifs is 1. The Morgan fingerprint density at radius 2 is 2.03 bits per heavy atom. The van der Waals surface area contributed by atoms with Crippen molar-refractivity contribution < 1.29 is 18.7 Å². The van der Waals surface area contributed by atoms with Crippen molar-refractivity contribution in [3.8, 4) is 0 Å². The highest BCUT2D eigenvalue weighted by molar-refractivity contribution is 7.10. The number of amides is 2. The summed E-state index contributed by atoms with van der Waals surface area (Å²) in [6.07, 6.45) is 2.73. The molecule has 2 aliphatic heterocycles. The minimum Gasteiger partial charge on any atom is -0.381 e. The van der Waals surface area contributed by atoms with Gasteiger partial charge in [-0.25, -0.2) is 4.39 Å². The van der Waals surface area contributed by atoms with Gasteiger partial charge in [-0.05, 0) is 54.0 Å². The minimum absolute atomic E-state index is 0.0212. The fraction of sp³-hybridized carbons (Fsp3) is 0.478. The van der Waals surface area contributed by atoms with Crippen LogP contribution in [0, 0.1) is 5.82 Å². The molecule has 1 N–H and O–H groups in total. The summed E-state index contributed by atoms with van der Waals surface area (Å²) in [4.78, 5) is 28.2. The number of benzene rings is 1. The maximum Gasteiger partial charge on any atom is 0.223 e. The van der Waals surface area contributed by atoms with Crippen molar-refractivity contribution in [1.29, 1.82) is 0 Å². The fourth-order valence-corrected chi connectivity index (χ4v) is 5.23. The van der Waals surface area contributed by atoms with Gasteiger partial charge in [0.05, 0.1) is 0 Å². The summed E-state index contributed by atoms with van der Waals surface area (Å²) in [5.74, 6) is -0.391. The van der Waals surface area contributed by atoms with Crippen molar-refractivity contribution in [3.63, 3.8) is 0 Å². The third kappa shape index (κ3) is 4.73. The standard InChI is InChI=1S/C23H27FN2O3S/c24-19-3-1-2-18(14-19)23(8-11-29-12-9-23)16-25-21(27)4-5-22(28)26-10-6-20-17(15-26)7-13-30-20/h1-3,7,13-14H,4-6,8-12,15-16H2,(H,25,27). The Bertz CT molecular complexity index is 907. The average Bonchev–Trinajstić information content (AvgIpc) is 3.24. The highest BCUT2D eigenvalue weighted by atomic mass is 32.1. The highest BCUT2D eigenvalue weighted by Crippen LogP contribution is 2.34. The van der Waals surface area contributed by atoms with Gasteiger partial charge in [0.25, 0.3) is 0 Å². The number of nitrogens with zero attached hydrogens (tertiary/aromatic N) is 1. The number of halogens is 1. The van der Waals surface area contributed by atoms with E-state index in [0.29, 0.717) is 26.3 Å². The maximum absolute atomic E-state index is 13.8. The largest absolute Gasteiger partial charge is 0.381 e. The normalized spacial score (nSPS) is 18.0. The molecule has 2 aromatic rings. The van der Waals surface area contributed by atoms with Crippen LogP contribution >= 0.6 is 11.3 Å². The molecule has 0 spiro atoms. The van der Waals surface area contributed by atoms with E-state index in [1.54, 1.807) is 23.5 Å². The van der Waals surface area contributed by atoms with E-state index in [1.165, 1.54) is 16.5 Å². The smallest absolute Gasteiger partial charge is 0.223 e. The molecular weight excluding hydrogens is 403 g/mol. The first-order valence-corrected chi connectivity index (χ1v) is 11.4. The summed E-state index contributed by atoms with van der Waals surface area (Å²) in [5.41, 5.74) is 1.78. The number of carbonyl (C=O) groups is 2. The van der Waals surface area contributed by atoms with Crippen molar-refractivity contribution >= 4 is 23.2 Å². The van der Waals surface area contributed by atoms with Crippen LogP contribution in [0.25, 0.3) is 0 Å². The number of hydrogen-bond donors (Lipinski definition) is 1. The second-order valence-electron chi connectivity index (χ2n) is 8.11. The van der Waals surface area contributed by atoms with Crippen LogP contribution in [0.2, 0.25) is 0 Å². The predicted octanol–water partition coefficient (Wildman–Crippen LogP) is 3.42. The first-order valence-electron chi connectivity index (χ1n) is 10.5. The lowest BCUT2D eigenvalue weighted by Crippen LogP contribution is -2.45. The molecule has 5 nitrogen and oxygen atoms in total. The molecule has 30 heavy (non-hydrogen) atoms. The summed E-state index contributed by atoms with van der Waals surface area (Å²) < 4.78 is 19.3. The van der Waals surface area contributed by atoms with E-state index in [1.807, 2.05) is 11.0 Å². The Labute approximate surface area is 180 Å². The quantitative estimate of drug-likeness (QED) is 0.764. The van der Waals surface area contributed by atoms with Crippen molar-refractivity contribution in [2.75, 3.05) is 26.3 Å². The fourth-order valence-electron chi connectivity index (χ4n) is 4.34. The molecule has 0 saturated carbocycles. The van der Waals surface area contributed by atoms with Gasteiger partial charge in [-0.2, -0.15) is 0 Å². The van der Waals surface area contributed by atoms with E-state index in [2.05, 4.69) is 16.8 Å². The van der Waals surface area contributed by atoms with Crippen LogP contribution in [-0.4, -0.2) is 43.0 Å². The summed E-state index contributed by atoms with van der Waals surface area (Å²) in [6, 6.07) is 8.68. The second kappa shape index (κ2) is 9.27. The third-order valence-corrected chi connectivity index (χ3v) is 7.26. The SMILES string of the molecule is O=C(CCC(=O)N1CCc2sccc2C1)NCC1(c2cccc(F)c2)CCOCC1. The van der Waals surface area contributed by atoms with Gasteiger partial charge in [-0.15, -0.1) is 11.3 Å². The van der Waals surface area contributed by atoms with E-state index >= 15 is 0 Å². The van der Waals surface area contributed by atoms with Gasteiger partial charge in [-0.3, -0.25) is 9.59 Å². The zero-order valence-corrected chi connectivity index (χ0v) is 17.8. The third-order valence-electron chi connectivity index (χ3n) is 6.24.